The van der Waals surface area contributed by atoms with Crippen molar-refractivity contribution in [2.45, 2.75) is 33.7 Å². The van der Waals surface area contributed by atoms with E-state index < -0.39 is 0 Å². The SMILES string of the molecule is CCNCC(C)C(=O)N[C@@H](C)c1ccc(C)cc1. The van der Waals surface area contributed by atoms with Gasteiger partial charge in [0.1, 0.15) is 0 Å². The van der Waals surface area contributed by atoms with E-state index in [0.29, 0.717) is 0 Å². The number of carbonyl (C=O) groups excluding carboxylic acids is 1. The number of hydrogen-bond acceptors (Lipinski definition) is 2. The smallest absolute Gasteiger partial charge is 0.224 e. The second kappa shape index (κ2) is 7.17. The van der Waals surface area contributed by atoms with Gasteiger partial charge < -0.3 is 10.6 Å². The van der Waals surface area contributed by atoms with Gasteiger partial charge in [-0.15, -0.1) is 0 Å². The molecule has 0 fully saturated rings. The fourth-order valence-corrected chi connectivity index (χ4v) is 1.75. The second-order valence-electron chi connectivity index (χ2n) is 4.85. The molecular formula is C15H24N2O. The van der Waals surface area contributed by atoms with Gasteiger partial charge in [-0.05, 0) is 26.0 Å². The predicted octanol–water partition coefficient (Wildman–Crippen LogP) is 2.42. The number of aryl methyl sites for hydroxylation is 1. The Bertz CT molecular complexity index is 373. The molecule has 1 rings (SSSR count). The molecular weight excluding hydrogens is 224 g/mol. The van der Waals surface area contributed by atoms with E-state index in [1.807, 2.05) is 20.8 Å². The minimum atomic E-state index is -0.00199. The molecule has 0 saturated heterocycles. The lowest BCUT2D eigenvalue weighted by Gasteiger charge is -2.18. The van der Waals surface area contributed by atoms with Crippen LogP contribution in [0, 0.1) is 12.8 Å². The van der Waals surface area contributed by atoms with E-state index >= 15 is 0 Å². The van der Waals surface area contributed by atoms with E-state index in [4.69, 9.17) is 0 Å². The van der Waals surface area contributed by atoms with Gasteiger partial charge >= 0.3 is 0 Å². The molecule has 0 aliphatic heterocycles. The van der Waals surface area contributed by atoms with Crippen LogP contribution in [-0.4, -0.2) is 19.0 Å². The summed E-state index contributed by atoms with van der Waals surface area (Å²) in [5.74, 6) is 0.0990. The van der Waals surface area contributed by atoms with Crippen molar-refractivity contribution < 1.29 is 4.79 Å². The quantitative estimate of drug-likeness (QED) is 0.811. The number of carbonyl (C=O) groups is 1. The third-order valence-electron chi connectivity index (χ3n) is 3.08. The van der Waals surface area contributed by atoms with Crippen LogP contribution in [0.5, 0.6) is 0 Å². The van der Waals surface area contributed by atoms with Crippen molar-refractivity contribution in [3.05, 3.63) is 35.4 Å². The van der Waals surface area contributed by atoms with Gasteiger partial charge in [-0.25, -0.2) is 0 Å². The Labute approximate surface area is 110 Å². The molecule has 3 nitrogen and oxygen atoms in total. The first kappa shape index (κ1) is 14.7. The summed E-state index contributed by atoms with van der Waals surface area (Å²) < 4.78 is 0. The molecule has 0 heterocycles. The first-order valence-corrected chi connectivity index (χ1v) is 6.62. The monoisotopic (exact) mass is 248 g/mol. The number of amides is 1. The standard InChI is InChI=1S/C15H24N2O/c1-5-16-10-12(3)15(18)17-13(4)14-8-6-11(2)7-9-14/h6-9,12-13,16H,5,10H2,1-4H3,(H,17,18)/t12?,13-/m0/s1. The van der Waals surface area contributed by atoms with Gasteiger partial charge in [0.15, 0.2) is 0 Å². The van der Waals surface area contributed by atoms with Crippen LogP contribution in [0.25, 0.3) is 0 Å². The van der Waals surface area contributed by atoms with Gasteiger partial charge in [0, 0.05) is 12.5 Å². The van der Waals surface area contributed by atoms with E-state index in [1.54, 1.807) is 0 Å². The molecule has 0 aliphatic rings. The summed E-state index contributed by atoms with van der Waals surface area (Å²) in [4.78, 5) is 11.9. The molecule has 1 aromatic rings. The highest BCUT2D eigenvalue weighted by molar-refractivity contribution is 5.78. The summed E-state index contributed by atoms with van der Waals surface area (Å²) in [6.45, 7) is 9.68. The summed E-state index contributed by atoms with van der Waals surface area (Å²) in [7, 11) is 0. The largest absolute Gasteiger partial charge is 0.349 e. The zero-order valence-corrected chi connectivity index (χ0v) is 11.8. The molecule has 1 unspecified atom stereocenters. The average molecular weight is 248 g/mol. The Balaban J connectivity index is 2.51. The van der Waals surface area contributed by atoms with E-state index in [-0.39, 0.29) is 17.9 Å². The lowest BCUT2D eigenvalue weighted by atomic mass is 10.1. The van der Waals surface area contributed by atoms with Crippen molar-refractivity contribution in [2.24, 2.45) is 5.92 Å². The van der Waals surface area contributed by atoms with Crippen molar-refractivity contribution in [3.8, 4) is 0 Å². The molecule has 3 heteroatoms. The Hall–Kier alpha value is -1.35. The minimum absolute atomic E-state index is 0.00199. The maximum atomic E-state index is 11.9. The molecule has 0 aromatic heterocycles. The summed E-state index contributed by atoms with van der Waals surface area (Å²) in [6, 6.07) is 8.33. The summed E-state index contributed by atoms with van der Waals surface area (Å²) >= 11 is 0. The van der Waals surface area contributed by atoms with Crippen molar-refractivity contribution in [3.63, 3.8) is 0 Å². The van der Waals surface area contributed by atoms with Crippen molar-refractivity contribution in [1.82, 2.24) is 10.6 Å². The Morgan fingerprint density at radius 2 is 1.83 bits per heavy atom. The van der Waals surface area contributed by atoms with Gasteiger partial charge in [-0.3, -0.25) is 4.79 Å². The van der Waals surface area contributed by atoms with Crippen LogP contribution in [0.1, 0.15) is 37.9 Å². The lowest BCUT2D eigenvalue weighted by molar-refractivity contribution is -0.125. The van der Waals surface area contributed by atoms with Crippen molar-refractivity contribution in [1.29, 1.82) is 0 Å². The first-order chi connectivity index (χ1) is 8.54. The molecule has 1 amide bonds. The molecule has 0 saturated carbocycles. The molecule has 100 valence electrons. The van der Waals surface area contributed by atoms with Crippen LogP contribution in [0.3, 0.4) is 0 Å². The zero-order chi connectivity index (χ0) is 13.5. The zero-order valence-electron chi connectivity index (χ0n) is 11.8. The number of benzene rings is 1. The van der Waals surface area contributed by atoms with Crippen LogP contribution in [0.2, 0.25) is 0 Å². The molecule has 0 spiro atoms. The Morgan fingerprint density at radius 1 is 1.22 bits per heavy atom. The third-order valence-corrected chi connectivity index (χ3v) is 3.08. The maximum Gasteiger partial charge on any atom is 0.224 e. The second-order valence-corrected chi connectivity index (χ2v) is 4.85. The Kier molecular flexibility index (Phi) is 5.86. The normalized spacial score (nSPS) is 14.0. The van der Waals surface area contributed by atoms with Gasteiger partial charge in [0.2, 0.25) is 5.91 Å². The van der Waals surface area contributed by atoms with Crippen LogP contribution in [-0.2, 0) is 4.79 Å². The highest BCUT2D eigenvalue weighted by Gasteiger charge is 2.15. The fourth-order valence-electron chi connectivity index (χ4n) is 1.75. The molecule has 0 radical (unpaired) electrons. The van der Waals surface area contributed by atoms with Crippen LogP contribution in [0.15, 0.2) is 24.3 Å². The highest BCUT2D eigenvalue weighted by atomic mass is 16.1. The summed E-state index contributed by atoms with van der Waals surface area (Å²) in [5.41, 5.74) is 2.38. The highest BCUT2D eigenvalue weighted by Crippen LogP contribution is 2.13. The topological polar surface area (TPSA) is 41.1 Å². The van der Waals surface area contributed by atoms with E-state index in [2.05, 4.69) is 41.8 Å². The third kappa shape index (κ3) is 4.49. The average Bonchev–Trinajstić information content (AvgIpc) is 2.36. The molecule has 1 aromatic carbocycles. The van der Waals surface area contributed by atoms with Gasteiger partial charge in [0.05, 0.1) is 6.04 Å². The number of hydrogen-bond donors (Lipinski definition) is 2. The molecule has 2 N–H and O–H groups in total. The number of rotatable bonds is 6. The van der Waals surface area contributed by atoms with E-state index in [1.165, 1.54) is 5.56 Å². The summed E-state index contributed by atoms with van der Waals surface area (Å²) in [6.07, 6.45) is 0. The van der Waals surface area contributed by atoms with Gasteiger partial charge in [-0.2, -0.15) is 0 Å². The molecule has 0 aliphatic carbocycles. The van der Waals surface area contributed by atoms with Crippen LogP contribution < -0.4 is 10.6 Å². The van der Waals surface area contributed by atoms with Gasteiger partial charge in [-0.1, -0.05) is 43.7 Å². The fraction of sp³-hybridized carbons (Fsp3) is 0.533. The van der Waals surface area contributed by atoms with E-state index in [0.717, 1.165) is 18.7 Å². The van der Waals surface area contributed by atoms with E-state index in [9.17, 15) is 4.79 Å². The number of nitrogens with one attached hydrogen (secondary N) is 2. The van der Waals surface area contributed by atoms with Gasteiger partial charge in [0.25, 0.3) is 0 Å². The first-order valence-electron chi connectivity index (χ1n) is 6.62. The maximum absolute atomic E-state index is 11.9. The lowest BCUT2D eigenvalue weighted by Crippen LogP contribution is -2.36. The summed E-state index contributed by atoms with van der Waals surface area (Å²) in [5, 5.41) is 6.23. The Morgan fingerprint density at radius 3 is 2.39 bits per heavy atom. The van der Waals surface area contributed by atoms with Crippen LogP contribution >= 0.6 is 0 Å². The molecule has 18 heavy (non-hydrogen) atoms. The minimum Gasteiger partial charge on any atom is -0.349 e. The predicted molar refractivity (Wildman–Crippen MR) is 75.4 cm³/mol. The van der Waals surface area contributed by atoms with Crippen molar-refractivity contribution in [2.75, 3.05) is 13.1 Å². The molecule has 0 bridgehead atoms. The van der Waals surface area contributed by atoms with Crippen molar-refractivity contribution >= 4 is 5.91 Å². The van der Waals surface area contributed by atoms with Crippen LogP contribution in [0.4, 0.5) is 0 Å². The molecule has 2 atom stereocenters.